The van der Waals surface area contributed by atoms with Crippen LogP contribution in [0.2, 0.25) is 0 Å². The molecule has 0 saturated carbocycles. The van der Waals surface area contributed by atoms with Gasteiger partial charge in [-0.1, -0.05) is 12.1 Å². The zero-order chi connectivity index (χ0) is 25.3. The summed E-state index contributed by atoms with van der Waals surface area (Å²) in [4.78, 5) is 16.3. The molecule has 4 aromatic rings. The van der Waals surface area contributed by atoms with E-state index in [2.05, 4.69) is 30.5 Å². The highest BCUT2D eigenvalue weighted by atomic mass is 32.2. The lowest BCUT2D eigenvalue weighted by Gasteiger charge is -2.30. The van der Waals surface area contributed by atoms with Gasteiger partial charge in [0.25, 0.3) is 0 Å². The molecule has 0 spiro atoms. The molecular weight excluding hydrogens is 496 g/mol. The molecule has 1 fully saturated rings. The van der Waals surface area contributed by atoms with E-state index in [1.807, 2.05) is 23.6 Å². The molecule has 3 N–H and O–H groups in total. The van der Waals surface area contributed by atoms with E-state index in [9.17, 15) is 13.5 Å². The summed E-state index contributed by atoms with van der Waals surface area (Å²) in [5.74, 6) is 1.77. The molecule has 0 aliphatic carbocycles. The predicted octanol–water partition coefficient (Wildman–Crippen LogP) is 4.72. The highest BCUT2D eigenvalue weighted by Gasteiger charge is 2.23. The van der Waals surface area contributed by atoms with Gasteiger partial charge >= 0.3 is 0 Å². The Kier molecular flexibility index (Phi) is 6.78. The van der Waals surface area contributed by atoms with Gasteiger partial charge in [-0.05, 0) is 62.4 Å². The second kappa shape index (κ2) is 10.00. The lowest BCUT2D eigenvalue weighted by atomic mass is 10.1. The number of pyridine rings is 1. The van der Waals surface area contributed by atoms with Crippen LogP contribution in [-0.2, 0) is 9.84 Å². The van der Waals surface area contributed by atoms with Crippen LogP contribution in [0.4, 0.5) is 29.0 Å². The van der Waals surface area contributed by atoms with Crippen molar-refractivity contribution in [1.29, 1.82) is 0 Å². The second-order valence-electron chi connectivity index (χ2n) is 8.99. The summed E-state index contributed by atoms with van der Waals surface area (Å²) in [5, 5.41) is 17.6. The molecule has 0 amide bonds. The number of fused-ring (bicyclic) bond motifs is 1. The van der Waals surface area contributed by atoms with Gasteiger partial charge < -0.3 is 20.6 Å². The largest absolute Gasteiger partial charge is 0.393 e. The van der Waals surface area contributed by atoms with Gasteiger partial charge in [-0.15, -0.1) is 11.3 Å². The first-order valence-corrected chi connectivity index (χ1v) is 14.2. The van der Waals surface area contributed by atoms with Crippen LogP contribution in [0.3, 0.4) is 0 Å². The first kappa shape index (κ1) is 24.4. The zero-order valence-corrected chi connectivity index (χ0v) is 21.7. The summed E-state index contributed by atoms with van der Waals surface area (Å²) in [7, 11) is -3.49. The van der Waals surface area contributed by atoms with Crippen molar-refractivity contribution in [2.45, 2.75) is 42.9 Å². The van der Waals surface area contributed by atoms with Crippen LogP contribution in [-0.4, -0.2) is 52.9 Å². The number of thiophene rings is 1. The smallest absolute Gasteiger partial charge is 0.229 e. The molecule has 0 atom stereocenters. The number of aromatic nitrogens is 3. The number of piperidine rings is 1. The molecular formula is C25H28N6O3S2. The molecule has 11 heteroatoms. The van der Waals surface area contributed by atoms with Gasteiger partial charge in [-0.2, -0.15) is 4.98 Å². The third-order valence-corrected chi connectivity index (χ3v) is 9.28. The van der Waals surface area contributed by atoms with Gasteiger partial charge in [0.05, 0.1) is 44.0 Å². The first-order valence-electron chi connectivity index (χ1n) is 11.8. The average molecular weight is 525 g/mol. The molecule has 188 valence electrons. The van der Waals surface area contributed by atoms with Crippen molar-refractivity contribution in [3.63, 3.8) is 0 Å². The van der Waals surface area contributed by atoms with E-state index in [4.69, 9.17) is 0 Å². The van der Waals surface area contributed by atoms with Crippen LogP contribution < -0.4 is 15.5 Å². The Labute approximate surface area is 214 Å². The third-order valence-electron chi connectivity index (χ3n) is 6.16. The third kappa shape index (κ3) is 4.99. The number of benzene rings is 1. The number of hydrogen-bond donors (Lipinski definition) is 3. The van der Waals surface area contributed by atoms with Gasteiger partial charge in [0.2, 0.25) is 5.95 Å². The van der Waals surface area contributed by atoms with Gasteiger partial charge in [0.1, 0.15) is 5.82 Å². The Morgan fingerprint density at radius 2 is 1.83 bits per heavy atom. The summed E-state index contributed by atoms with van der Waals surface area (Å²) in [6, 6.07) is 12.6. The normalized spacial score (nSPS) is 14.9. The topological polar surface area (TPSA) is 120 Å². The molecule has 0 unspecified atom stereocenters. The number of sulfone groups is 1. The van der Waals surface area contributed by atoms with Crippen molar-refractivity contribution in [3.8, 4) is 0 Å². The van der Waals surface area contributed by atoms with Gasteiger partial charge in [-0.3, -0.25) is 0 Å². The number of aliphatic hydroxyl groups is 1. The number of rotatable bonds is 7. The van der Waals surface area contributed by atoms with Gasteiger partial charge in [-0.25, -0.2) is 18.4 Å². The Hall–Kier alpha value is -3.28. The molecule has 4 heterocycles. The van der Waals surface area contributed by atoms with E-state index < -0.39 is 15.1 Å². The minimum Gasteiger partial charge on any atom is -0.393 e. The standard InChI is InChI=1S/C25H28N6O3S2/c1-16(2)36(33,34)21-6-4-3-5-19(21)28-24-23-20(11-14-35-23)29-25(30-24)27-17-7-8-22(26-15-17)31-12-9-18(32)10-13-31/h3-8,11,14-16,18,32H,9-10,12-13H2,1-2H3,(H2,27,28,29,30). The SMILES string of the molecule is CC(C)S(=O)(=O)c1ccccc1Nc1nc(Nc2ccc(N3CCC(O)CC3)nc2)nc2ccsc12. The second-order valence-corrected chi connectivity index (χ2v) is 12.4. The fraction of sp³-hybridized carbons (Fsp3) is 0.320. The Bertz CT molecular complexity index is 1460. The summed E-state index contributed by atoms with van der Waals surface area (Å²) in [5.41, 5.74) is 1.96. The maximum absolute atomic E-state index is 12.9. The lowest BCUT2D eigenvalue weighted by molar-refractivity contribution is 0.145. The summed E-state index contributed by atoms with van der Waals surface area (Å²) >= 11 is 1.49. The van der Waals surface area contributed by atoms with Crippen molar-refractivity contribution in [2.75, 3.05) is 28.6 Å². The van der Waals surface area contributed by atoms with E-state index in [0.717, 1.165) is 47.7 Å². The fourth-order valence-electron chi connectivity index (χ4n) is 4.07. The van der Waals surface area contributed by atoms with Crippen molar-refractivity contribution in [3.05, 3.63) is 54.0 Å². The first-order chi connectivity index (χ1) is 17.3. The molecule has 5 rings (SSSR count). The lowest BCUT2D eigenvalue weighted by Crippen LogP contribution is -2.36. The van der Waals surface area contributed by atoms with Crippen molar-refractivity contribution < 1.29 is 13.5 Å². The number of anilines is 5. The number of para-hydroxylation sites is 1. The van der Waals surface area contributed by atoms with Crippen LogP contribution in [0.25, 0.3) is 10.2 Å². The van der Waals surface area contributed by atoms with Crippen LogP contribution >= 0.6 is 11.3 Å². The zero-order valence-electron chi connectivity index (χ0n) is 20.0. The summed E-state index contributed by atoms with van der Waals surface area (Å²) in [6.45, 7) is 4.90. The molecule has 0 radical (unpaired) electrons. The van der Waals surface area contributed by atoms with Gasteiger partial charge in [0, 0.05) is 13.1 Å². The Balaban J connectivity index is 1.41. The Morgan fingerprint density at radius 1 is 1.06 bits per heavy atom. The van der Waals surface area contributed by atoms with E-state index in [0.29, 0.717) is 17.5 Å². The molecule has 3 aromatic heterocycles. The quantitative estimate of drug-likeness (QED) is 0.315. The molecule has 0 bridgehead atoms. The summed E-state index contributed by atoms with van der Waals surface area (Å²) in [6.07, 6.45) is 2.99. The van der Waals surface area contributed by atoms with E-state index in [1.54, 1.807) is 44.3 Å². The van der Waals surface area contributed by atoms with Crippen molar-refractivity contribution in [1.82, 2.24) is 15.0 Å². The van der Waals surface area contributed by atoms with Crippen molar-refractivity contribution in [2.24, 2.45) is 0 Å². The maximum Gasteiger partial charge on any atom is 0.229 e. The van der Waals surface area contributed by atoms with Crippen LogP contribution in [0, 0.1) is 0 Å². The van der Waals surface area contributed by atoms with E-state index in [-0.39, 0.29) is 11.0 Å². The molecule has 9 nitrogen and oxygen atoms in total. The van der Waals surface area contributed by atoms with Gasteiger partial charge in [0.15, 0.2) is 15.7 Å². The van der Waals surface area contributed by atoms with E-state index in [1.165, 1.54) is 11.3 Å². The highest BCUT2D eigenvalue weighted by molar-refractivity contribution is 7.92. The summed E-state index contributed by atoms with van der Waals surface area (Å²) < 4.78 is 26.7. The minimum absolute atomic E-state index is 0.230. The van der Waals surface area contributed by atoms with Crippen molar-refractivity contribution >= 4 is 60.3 Å². The van der Waals surface area contributed by atoms with Crippen LogP contribution in [0.1, 0.15) is 26.7 Å². The number of nitrogens with zero attached hydrogens (tertiary/aromatic N) is 4. The predicted molar refractivity (Wildman–Crippen MR) is 144 cm³/mol. The average Bonchev–Trinajstić information content (AvgIpc) is 3.34. The molecule has 1 aromatic carbocycles. The molecule has 1 saturated heterocycles. The van der Waals surface area contributed by atoms with Crippen LogP contribution in [0.5, 0.6) is 0 Å². The fourth-order valence-corrected chi connectivity index (χ4v) is 6.05. The van der Waals surface area contributed by atoms with Crippen LogP contribution in [0.15, 0.2) is 58.9 Å². The molecule has 1 aliphatic rings. The number of hydrogen-bond acceptors (Lipinski definition) is 10. The Morgan fingerprint density at radius 3 is 2.56 bits per heavy atom. The molecule has 1 aliphatic heterocycles. The minimum atomic E-state index is -3.49. The number of nitrogens with one attached hydrogen (secondary N) is 2. The maximum atomic E-state index is 12.9. The monoisotopic (exact) mass is 524 g/mol. The molecule has 36 heavy (non-hydrogen) atoms. The highest BCUT2D eigenvalue weighted by Crippen LogP contribution is 2.33. The number of aliphatic hydroxyl groups excluding tert-OH is 1. The van der Waals surface area contributed by atoms with E-state index >= 15 is 0 Å².